The molecular weight excluding hydrogens is 420 g/mol. The van der Waals surface area contributed by atoms with Crippen LogP contribution in [0, 0.1) is 11.6 Å². The summed E-state index contributed by atoms with van der Waals surface area (Å²) < 4.78 is 32.7. The fourth-order valence-corrected chi connectivity index (χ4v) is 3.82. The van der Waals surface area contributed by atoms with Crippen molar-refractivity contribution in [1.29, 1.82) is 0 Å². The highest BCUT2D eigenvalue weighted by Gasteiger charge is 2.28. The first-order valence-corrected chi connectivity index (χ1v) is 11.1. The molecule has 0 aliphatic carbocycles. The maximum absolute atomic E-state index is 13.7. The van der Waals surface area contributed by atoms with Crippen molar-refractivity contribution in [1.82, 2.24) is 0 Å². The van der Waals surface area contributed by atoms with E-state index in [1.165, 1.54) is 11.8 Å². The molecule has 0 fully saturated rings. The minimum absolute atomic E-state index is 0.0118. The number of rotatable bonds is 8. The van der Waals surface area contributed by atoms with E-state index in [0.29, 0.717) is 17.4 Å². The highest BCUT2D eigenvalue weighted by atomic mass is 32.2. The fourth-order valence-electron chi connectivity index (χ4n) is 2.89. The van der Waals surface area contributed by atoms with Gasteiger partial charge in [0.05, 0.1) is 23.8 Å². The molecule has 164 valence electrons. The van der Waals surface area contributed by atoms with Crippen molar-refractivity contribution >= 4 is 34.1 Å². The number of nitrogens with zero attached hydrogens (tertiary/aromatic N) is 2. The molecule has 8 heteroatoms. The quantitative estimate of drug-likeness (QED) is 0.550. The number of hydrogen-bond donors (Lipinski definition) is 1. The maximum Gasteiger partial charge on any atom is 0.234 e. The number of carbonyl (C=O) groups is 1. The number of nitrogens with one attached hydrogen (secondary N) is 1. The Morgan fingerprint density at radius 2 is 1.87 bits per heavy atom. The lowest BCUT2D eigenvalue weighted by molar-refractivity contribution is -0.113. The molecule has 31 heavy (non-hydrogen) atoms. The van der Waals surface area contributed by atoms with Crippen LogP contribution < -0.4 is 10.1 Å². The zero-order chi connectivity index (χ0) is 22.4. The van der Waals surface area contributed by atoms with Crippen LogP contribution in [0.4, 0.5) is 14.5 Å². The Morgan fingerprint density at radius 3 is 2.58 bits per heavy atom. The maximum atomic E-state index is 13.7. The van der Waals surface area contributed by atoms with Crippen molar-refractivity contribution in [2.75, 3.05) is 17.7 Å². The van der Waals surface area contributed by atoms with Crippen LogP contribution in [-0.2, 0) is 4.79 Å². The first kappa shape index (κ1) is 22.9. The van der Waals surface area contributed by atoms with Gasteiger partial charge in [0.2, 0.25) is 5.91 Å². The van der Waals surface area contributed by atoms with E-state index in [-0.39, 0.29) is 11.4 Å². The first-order chi connectivity index (χ1) is 14.8. The van der Waals surface area contributed by atoms with Gasteiger partial charge in [0, 0.05) is 11.6 Å². The van der Waals surface area contributed by atoms with Gasteiger partial charge < -0.3 is 10.1 Å². The van der Waals surface area contributed by atoms with Gasteiger partial charge in [0.15, 0.2) is 0 Å². The summed E-state index contributed by atoms with van der Waals surface area (Å²) in [5, 5.41) is 3.02. The first-order valence-electron chi connectivity index (χ1n) is 10.1. The number of aliphatic imine (C=N–C) groups is 2. The molecule has 0 atom stereocenters. The Bertz CT molecular complexity index is 1000. The van der Waals surface area contributed by atoms with Crippen LogP contribution in [0.5, 0.6) is 5.75 Å². The second-order valence-corrected chi connectivity index (χ2v) is 8.52. The molecule has 1 amide bonds. The van der Waals surface area contributed by atoms with Crippen molar-refractivity contribution in [3.8, 4) is 5.75 Å². The molecule has 1 heterocycles. The van der Waals surface area contributed by atoms with Crippen molar-refractivity contribution in [3.05, 3.63) is 59.7 Å². The minimum Gasteiger partial charge on any atom is -0.494 e. The largest absolute Gasteiger partial charge is 0.494 e. The van der Waals surface area contributed by atoms with Crippen molar-refractivity contribution in [2.24, 2.45) is 9.98 Å². The van der Waals surface area contributed by atoms with Gasteiger partial charge in [-0.25, -0.2) is 13.8 Å². The topological polar surface area (TPSA) is 63.1 Å². The van der Waals surface area contributed by atoms with E-state index >= 15 is 0 Å². The third-order valence-corrected chi connectivity index (χ3v) is 5.36. The summed E-state index contributed by atoms with van der Waals surface area (Å²) in [6.45, 7) is 6.54. The van der Waals surface area contributed by atoms with Crippen LogP contribution >= 0.6 is 11.8 Å². The van der Waals surface area contributed by atoms with Gasteiger partial charge in [0.1, 0.15) is 28.1 Å². The number of amides is 1. The van der Waals surface area contributed by atoms with Crippen LogP contribution in [0.15, 0.2) is 52.4 Å². The van der Waals surface area contributed by atoms with Gasteiger partial charge in [-0.2, -0.15) is 0 Å². The normalized spacial score (nSPS) is 14.7. The highest BCUT2D eigenvalue weighted by Crippen LogP contribution is 2.27. The monoisotopic (exact) mass is 445 g/mol. The Labute approximate surface area is 185 Å². The summed E-state index contributed by atoms with van der Waals surface area (Å²) in [4.78, 5) is 21.6. The van der Waals surface area contributed by atoms with E-state index in [4.69, 9.17) is 4.74 Å². The van der Waals surface area contributed by atoms with Gasteiger partial charge >= 0.3 is 0 Å². The number of ether oxygens (including phenoxy) is 1. The number of thioether (sulfide) groups is 1. The summed E-state index contributed by atoms with van der Waals surface area (Å²) in [5.74, 6) is -0.994. The van der Waals surface area contributed by atoms with Crippen LogP contribution in [0.2, 0.25) is 0 Å². The smallest absolute Gasteiger partial charge is 0.234 e. The molecule has 0 radical (unpaired) electrons. The second-order valence-electron chi connectivity index (χ2n) is 7.56. The average molecular weight is 446 g/mol. The molecule has 0 saturated heterocycles. The number of halogens is 2. The zero-order valence-electron chi connectivity index (χ0n) is 17.7. The Kier molecular flexibility index (Phi) is 7.43. The lowest BCUT2D eigenvalue weighted by Crippen LogP contribution is -2.18. The Balaban J connectivity index is 1.65. The zero-order valence-corrected chi connectivity index (χ0v) is 18.6. The van der Waals surface area contributed by atoms with Gasteiger partial charge in [-0.3, -0.25) is 9.79 Å². The minimum atomic E-state index is -0.692. The second kappa shape index (κ2) is 10.0. The molecule has 0 saturated carbocycles. The molecule has 2 aromatic rings. The van der Waals surface area contributed by atoms with Crippen molar-refractivity contribution in [3.63, 3.8) is 0 Å². The lowest BCUT2D eigenvalue weighted by atomic mass is 10.1. The van der Waals surface area contributed by atoms with E-state index in [1.807, 2.05) is 38.1 Å². The van der Waals surface area contributed by atoms with Crippen LogP contribution in [0.25, 0.3) is 0 Å². The number of carbonyl (C=O) groups excluding carboxylic acids is 1. The van der Waals surface area contributed by atoms with Gasteiger partial charge in [-0.1, -0.05) is 25.1 Å². The van der Waals surface area contributed by atoms with E-state index in [0.717, 1.165) is 42.4 Å². The molecule has 1 aliphatic rings. The van der Waals surface area contributed by atoms with Gasteiger partial charge in [-0.05, 0) is 56.7 Å². The standard InChI is InChI=1S/C23H25F2N3O2S/c1-4-5-12-30-17-9-6-15(7-10-17)21-22(28-23(2,3)27-21)31-14-20(29)26-19-13-16(24)8-11-18(19)25/h6-11,13H,4-5,12,14H2,1-3H3,(H,26,29). The number of anilines is 1. The molecule has 0 spiro atoms. The molecule has 0 aromatic heterocycles. The molecule has 1 N–H and O–H groups in total. The van der Waals surface area contributed by atoms with Gasteiger partial charge in [-0.15, -0.1) is 0 Å². The predicted octanol–water partition coefficient (Wildman–Crippen LogP) is 5.45. The van der Waals surface area contributed by atoms with Gasteiger partial charge in [0.25, 0.3) is 0 Å². The molecule has 0 bridgehead atoms. The van der Waals surface area contributed by atoms with Crippen LogP contribution in [0.3, 0.4) is 0 Å². The molecule has 3 rings (SSSR count). The molecule has 0 unspecified atom stereocenters. The molecule has 1 aliphatic heterocycles. The third-order valence-electron chi connectivity index (χ3n) is 4.40. The van der Waals surface area contributed by atoms with E-state index in [1.54, 1.807) is 0 Å². The third kappa shape index (κ3) is 6.37. The van der Waals surface area contributed by atoms with E-state index < -0.39 is 23.2 Å². The fraction of sp³-hybridized carbons (Fsp3) is 0.348. The summed E-state index contributed by atoms with van der Waals surface area (Å²) in [7, 11) is 0. The summed E-state index contributed by atoms with van der Waals surface area (Å²) in [5.41, 5.74) is 0.738. The molecule has 5 nitrogen and oxygen atoms in total. The average Bonchev–Trinajstić information content (AvgIpc) is 3.04. The lowest BCUT2D eigenvalue weighted by Gasteiger charge is -2.09. The van der Waals surface area contributed by atoms with E-state index in [9.17, 15) is 13.6 Å². The van der Waals surface area contributed by atoms with Crippen LogP contribution in [-0.4, -0.2) is 34.7 Å². The molecular formula is C23H25F2N3O2S. The Morgan fingerprint density at radius 1 is 1.13 bits per heavy atom. The number of unbranched alkanes of at least 4 members (excludes halogenated alkanes) is 1. The van der Waals surface area contributed by atoms with Crippen molar-refractivity contribution < 1.29 is 18.3 Å². The van der Waals surface area contributed by atoms with E-state index in [2.05, 4.69) is 22.2 Å². The number of hydrogen-bond acceptors (Lipinski definition) is 5. The SMILES string of the molecule is CCCCOc1ccc(C2=NC(C)(C)N=C2SCC(=O)Nc2cc(F)ccc2F)cc1. The summed E-state index contributed by atoms with van der Waals surface area (Å²) in [6.07, 6.45) is 2.07. The Hall–Kier alpha value is -2.74. The number of benzene rings is 2. The van der Waals surface area contributed by atoms with Crippen LogP contribution in [0.1, 0.15) is 39.2 Å². The van der Waals surface area contributed by atoms with Crippen molar-refractivity contribution in [2.45, 2.75) is 39.3 Å². The summed E-state index contributed by atoms with van der Waals surface area (Å²) in [6, 6.07) is 10.5. The predicted molar refractivity (Wildman–Crippen MR) is 122 cm³/mol. The summed E-state index contributed by atoms with van der Waals surface area (Å²) >= 11 is 1.21. The highest BCUT2D eigenvalue weighted by molar-refractivity contribution is 8.16. The molecule has 2 aromatic carbocycles.